The molecule has 0 saturated carbocycles. The first-order valence-electron chi connectivity index (χ1n) is 12.9. The van der Waals surface area contributed by atoms with E-state index in [2.05, 4.69) is 0 Å². The summed E-state index contributed by atoms with van der Waals surface area (Å²) >= 11 is 0. The summed E-state index contributed by atoms with van der Waals surface area (Å²) in [6.45, 7) is 8.80. The Balaban J connectivity index is 1.92. The van der Waals surface area contributed by atoms with E-state index in [0.717, 1.165) is 17.2 Å². The van der Waals surface area contributed by atoms with E-state index < -0.39 is 53.9 Å². The van der Waals surface area contributed by atoms with Gasteiger partial charge in [-0.15, -0.1) is 0 Å². The second kappa shape index (κ2) is 11.0. The lowest BCUT2D eigenvalue weighted by Gasteiger charge is -2.42. The molecule has 0 aliphatic carbocycles. The van der Waals surface area contributed by atoms with Gasteiger partial charge in [0.25, 0.3) is 0 Å². The summed E-state index contributed by atoms with van der Waals surface area (Å²) in [5, 5.41) is 64.5. The van der Waals surface area contributed by atoms with Gasteiger partial charge in [-0.05, 0) is 58.6 Å². The Bertz CT molecular complexity index is 1520. The van der Waals surface area contributed by atoms with E-state index >= 15 is 0 Å². The third-order valence-electron chi connectivity index (χ3n) is 7.48. The highest BCUT2D eigenvalue weighted by Gasteiger charge is 2.46. The van der Waals surface area contributed by atoms with Gasteiger partial charge in [-0.1, -0.05) is 23.3 Å². The van der Waals surface area contributed by atoms with Crippen LogP contribution >= 0.6 is 0 Å². The van der Waals surface area contributed by atoms with Gasteiger partial charge in [0.15, 0.2) is 0 Å². The van der Waals surface area contributed by atoms with Gasteiger partial charge >= 0.3 is 0 Å². The van der Waals surface area contributed by atoms with Crippen molar-refractivity contribution in [3.8, 4) is 17.2 Å². The minimum Gasteiger partial charge on any atom is -0.508 e. The van der Waals surface area contributed by atoms with Gasteiger partial charge in [0, 0.05) is 18.1 Å². The molecule has 39 heavy (non-hydrogen) atoms. The molecule has 1 aliphatic rings. The van der Waals surface area contributed by atoms with E-state index in [1.54, 1.807) is 6.92 Å². The Morgan fingerprint density at radius 3 is 2.15 bits per heavy atom. The summed E-state index contributed by atoms with van der Waals surface area (Å²) in [6.07, 6.45) is -0.827. The third kappa shape index (κ3) is 5.15. The number of phenols is 3. The number of ether oxygens (including phenoxy) is 1. The maximum absolute atomic E-state index is 13.8. The lowest BCUT2D eigenvalue weighted by molar-refractivity contribution is -0.210. The Morgan fingerprint density at radius 1 is 0.923 bits per heavy atom. The summed E-state index contributed by atoms with van der Waals surface area (Å²) in [4.78, 5) is 13.8. The summed E-state index contributed by atoms with van der Waals surface area (Å²) in [5.41, 5.74) is 2.11. The minimum atomic E-state index is -1.57. The zero-order valence-electron chi connectivity index (χ0n) is 22.7. The number of fused-ring (bicyclic) bond motifs is 2. The Kier molecular flexibility index (Phi) is 8.09. The van der Waals surface area contributed by atoms with Crippen LogP contribution in [-0.2, 0) is 11.2 Å². The molecule has 1 saturated heterocycles. The molecule has 3 aromatic rings. The van der Waals surface area contributed by atoms with Crippen molar-refractivity contribution in [2.45, 2.75) is 71.9 Å². The fourth-order valence-electron chi connectivity index (χ4n) is 5.26. The number of aromatic hydroxyl groups is 3. The van der Waals surface area contributed by atoms with Crippen molar-refractivity contribution < 1.29 is 39.8 Å². The van der Waals surface area contributed by atoms with Crippen LogP contribution in [0.5, 0.6) is 17.2 Å². The molecule has 9 nitrogen and oxygen atoms in total. The number of hydrogen-bond acceptors (Lipinski definition) is 9. The smallest absolute Gasteiger partial charge is 0.204 e. The largest absolute Gasteiger partial charge is 0.508 e. The maximum Gasteiger partial charge on any atom is 0.204 e. The summed E-state index contributed by atoms with van der Waals surface area (Å²) in [6, 6.07) is 2.45. The van der Waals surface area contributed by atoms with Crippen molar-refractivity contribution in [1.82, 2.24) is 0 Å². The van der Waals surface area contributed by atoms with Crippen LogP contribution in [0, 0.1) is 12.8 Å². The summed E-state index contributed by atoms with van der Waals surface area (Å²) in [5.74, 6) is -1.88. The van der Waals surface area contributed by atoms with E-state index in [1.807, 2.05) is 39.8 Å². The quantitative estimate of drug-likeness (QED) is 0.200. The molecule has 1 aliphatic heterocycles. The molecule has 6 N–H and O–H groups in total. The molecule has 0 spiro atoms. The summed E-state index contributed by atoms with van der Waals surface area (Å²) in [7, 11) is 0. The molecule has 9 heteroatoms. The van der Waals surface area contributed by atoms with Crippen molar-refractivity contribution in [3.63, 3.8) is 0 Å². The fourth-order valence-corrected chi connectivity index (χ4v) is 5.26. The van der Waals surface area contributed by atoms with Crippen LogP contribution in [0.4, 0.5) is 0 Å². The number of rotatable bonds is 6. The molecule has 5 atom stereocenters. The van der Waals surface area contributed by atoms with Crippen LogP contribution in [0.25, 0.3) is 21.9 Å². The van der Waals surface area contributed by atoms with Crippen LogP contribution in [0.3, 0.4) is 0 Å². The number of hydrogen-bond donors (Lipinski definition) is 6. The molecule has 1 aromatic heterocycles. The van der Waals surface area contributed by atoms with Crippen molar-refractivity contribution in [2.24, 2.45) is 5.92 Å². The van der Waals surface area contributed by atoms with Gasteiger partial charge in [-0.25, -0.2) is 0 Å². The van der Waals surface area contributed by atoms with Crippen LogP contribution < -0.4 is 5.43 Å². The molecule has 210 valence electrons. The average molecular weight is 541 g/mol. The van der Waals surface area contributed by atoms with E-state index in [4.69, 9.17) is 9.15 Å². The second-order valence-electron chi connectivity index (χ2n) is 10.8. The number of benzene rings is 2. The normalized spacial score (nSPS) is 23.2. The second-order valence-corrected chi connectivity index (χ2v) is 10.8. The van der Waals surface area contributed by atoms with E-state index in [-0.39, 0.29) is 33.3 Å². The van der Waals surface area contributed by atoms with Crippen molar-refractivity contribution in [2.75, 3.05) is 6.61 Å². The molecular weight excluding hydrogens is 504 g/mol. The van der Waals surface area contributed by atoms with Crippen molar-refractivity contribution in [3.05, 3.63) is 62.3 Å². The maximum atomic E-state index is 13.8. The molecule has 2 heterocycles. The van der Waals surface area contributed by atoms with Gasteiger partial charge < -0.3 is 39.8 Å². The number of aliphatic hydroxyl groups is 3. The Labute approximate surface area is 225 Å². The van der Waals surface area contributed by atoms with E-state index in [9.17, 15) is 35.4 Å². The van der Waals surface area contributed by atoms with Gasteiger partial charge in [0.1, 0.15) is 46.0 Å². The predicted molar refractivity (Wildman–Crippen MR) is 147 cm³/mol. The monoisotopic (exact) mass is 540 g/mol. The molecule has 2 aromatic carbocycles. The van der Waals surface area contributed by atoms with Crippen molar-refractivity contribution in [1.29, 1.82) is 0 Å². The first-order valence-corrected chi connectivity index (χ1v) is 12.9. The molecule has 2 unspecified atom stereocenters. The SMILES string of the molecule is CC(C)=CCc1c(C)c(O)cc2oc3cc(O)c(C4O[C@@H](CO)C(CC=C(C)C)[C@@H](O)[C@@H]4O)c(O)c3c(=O)c12. The number of aliphatic hydroxyl groups excluding tert-OH is 3. The zero-order valence-corrected chi connectivity index (χ0v) is 22.7. The third-order valence-corrected chi connectivity index (χ3v) is 7.48. The molecule has 0 radical (unpaired) electrons. The van der Waals surface area contributed by atoms with Crippen LogP contribution in [-0.4, -0.2) is 55.6 Å². The van der Waals surface area contributed by atoms with Crippen LogP contribution in [0.1, 0.15) is 56.9 Å². The van der Waals surface area contributed by atoms with Gasteiger partial charge in [-0.2, -0.15) is 0 Å². The first kappa shape index (κ1) is 28.6. The standard InChI is InChI=1S/C30H36O9/c1-13(2)6-8-16-15(5)18(32)10-20-23(16)27(35)25-21(38-20)11-19(33)24(28(25)36)30-29(37)26(34)17(9-7-14(3)4)22(12-31)39-30/h6-7,10-11,17,22,26,29-34,36-37H,8-9,12H2,1-5H3/t17?,22-,26+,29-,30?/m0/s1. The minimum absolute atomic E-state index is 0.0577. The zero-order chi connectivity index (χ0) is 28.8. The number of phenolic OH excluding ortho intramolecular Hbond substituents is 3. The Hall–Kier alpha value is -3.37. The molecule has 0 bridgehead atoms. The van der Waals surface area contributed by atoms with Crippen LogP contribution in [0.15, 0.2) is 44.6 Å². The van der Waals surface area contributed by atoms with E-state index in [1.165, 1.54) is 6.07 Å². The number of allylic oxidation sites excluding steroid dienone is 4. The molecule has 0 amide bonds. The lowest BCUT2D eigenvalue weighted by Crippen LogP contribution is -2.51. The van der Waals surface area contributed by atoms with Crippen molar-refractivity contribution >= 4 is 21.9 Å². The first-order chi connectivity index (χ1) is 18.4. The van der Waals surface area contributed by atoms with Gasteiger partial charge in [0.05, 0.1) is 29.8 Å². The van der Waals surface area contributed by atoms with Gasteiger partial charge in [-0.3, -0.25) is 4.79 Å². The fraction of sp³-hybridized carbons (Fsp3) is 0.433. The lowest BCUT2D eigenvalue weighted by atomic mass is 9.82. The highest BCUT2D eigenvalue weighted by atomic mass is 16.5. The molecular formula is C30H36O9. The summed E-state index contributed by atoms with van der Waals surface area (Å²) < 4.78 is 11.8. The highest BCUT2D eigenvalue weighted by Crippen LogP contribution is 2.46. The molecule has 4 rings (SSSR count). The Morgan fingerprint density at radius 2 is 1.54 bits per heavy atom. The molecule has 1 fully saturated rings. The van der Waals surface area contributed by atoms with Crippen LogP contribution in [0.2, 0.25) is 0 Å². The average Bonchev–Trinajstić information content (AvgIpc) is 2.85. The predicted octanol–water partition coefficient (Wildman–Crippen LogP) is 4.01. The van der Waals surface area contributed by atoms with Gasteiger partial charge in [0.2, 0.25) is 5.43 Å². The highest BCUT2D eigenvalue weighted by molar-refractivity contribution is 5.97. The van der Waals surface area contributed by atoms with E-state index in [0.29, 0.717) is 24.0 Å². The topological polar surface area (TPSA) is 161 Å².